The molecule has 1 aliphatic heterocycles. The van der Waals surface area contributed by atoms with Crippen molar-refractivity contribution in [2.75, 3.05) is 26.5 Å². The van der Waals surface area contributed by atoms with Crippen LogP contribution in [0.15, 0.2) is 12.1 Å². The summed E-state index contributed by atoms with van der Waals surface area (Å²) in [7, 11) is 5.54. The van der Waals surface area contributed by atoms with Gasteiger partial charge >= 0.3 is 0 Å². The molecule has 1 aromatic rings. The summed E-state index contributed by atoms with van der Waals surface area (Å²) in [6.07, 6.45) is 1.65. The Balaban J connectivity index is 2.42. The molecule has 0 saturated heterocycles. The molecule has 0 bridgehead atoms. The molecule has 17 heavy (non-hydrogen) atoms. The SMILES string of the molecule is CNc1cc(O)cc2c1OC(NC)(NC)CC2. The van der Waals surface area contributed by atoms with Crippen molar-refractivity contribution in [1.82, 2.24) is 10.6 Å². The van der Waals surface area contributed by atoms with Gasteiger partial charge < -0.3 is 15.2 Å². The highest BCUT2D eigenvalue weighted by molar-refractivity contribution is 5.64. The topological polar surface area (TPSA) is 65.5 Å². The summed E-state index contributed by atoms with van der Waals surface area (Å²) in [5, 5.41) is 19.0. The van der Waals surface area contributed by atoms with E-state index >= 15 is 0 Å². The van der Waals surface area contributed by atoms with Gasteiger partial charge in [-0.2, -0.15) is 0 Å². The average molecular weight is 237 g/mol. The van der Waals surface area contributed by atoms with Gasteiger partial charge in [0.1, 0.15) is 11.5 Å². The summed E-state index contributed by atoms with van der Waals surface area (Å²) in [5.74, 6) is 0.522. The van der Waals surface area contributed by atoms with Crippen molar-refractivity contribution >= 4 is 5.69 Å². The number of fused-ring (bicyclic) bond motifs is 1. The Morgan fingerprint density at radius 3 is 2.53 bits per heavy atom. The summed E-state index contributed by atoms with van der Waals surface area (Å²) in [5.41, 5.74) is 1.82. The molecule has 2 rings (SSSR count). The van der Waals surface area contributed by atoms with Gasteiger partial charge in [-0.15, -0.1) is 0 Å². The lowest BCUT2D eigenvalue weighted by Crippen LogP contribution is -2.60. The third-order valence-electron chi connectivity index (χ3n) is 3.25. The molecule has 0 saturated carbocycles. The van der Waals surface area contributed by atoms with Gasteiger partial charge in [0.15, 0.2) is 0 Å². The quantitative estimate of drug-likeness (QED) is 0.587. The smallest absolute Gasteiger partial charge is 0.217 e. The highest BCUT2D eigenvalue weighted by atomic mass is 16.5. The van der Waals surface area contributed by atoms with Crippen LogP contribution < -0.4 is 20.7 Å². The third-order valence-corrected chi connectivity index (χ3v) is 3.25. The maximum absolute atomic E-state index is 9.62. The Morgan fingerprint density at radius 2 is 1.94 bits per heavy atom. The molecule has 5 heteroatoms. The lowest BCUT2D eigenvalue weighted by atomic mass is 10.0. The Labute approximate surface area is 101 Å². The molecule has 0 atom stereocenters. The number of ether oxygens (including phenoxy) is 1. The number of nitrogens with one attached hydrogen (secondary N) is 3. The van der Waals surface area contributed by atoms with Crippen LogP contribution in [0.4, 0.5) is 5.69 Å². The normalized spacial score (nSPS) is 17.1. The first kappa shape index (κ1) is 12.0. The van der Waals surface area contributed by atoms with E-state index in [1.54, 1.807) is 12.1 Å². The van der Waals surface area contributed by atoms with E-state index in [4.69, 9.17) is 4.74 Å². The Morgan fingerprint density at radius 1 is 1.24 bits per heavy atom. The van der Waals surface area contributed by atoms with Crippen LogP contribution in [0, 0.1) is 0 Å². The van der Waals surface area contributed by atoms with Crippen LogP contribution in [0.3, 0.4) is 0 Å². The molecule has 5 nitrogen and oxygen atoms in total. The lowest BCUT2D eigenvalue weighted by molar-refractivity contribution is -0.00584. The molecule has 0 amide bonds. The molecular formula is C12H19N3O2. The highest BCUT2D eigenvalue weighted by Gasteiger charge is 2.34. The first-order chi connectivity index (χ1) is 8.14. The van der Waals surface area contributed by atoms with Crippen molar-refractivity contribution in [1.29, 1.82) is 0 Å². The maximum Gasteiger partial charge on any atom is 0.217 e. The third kappa shape index (κ3) is 2.03. The lowest BCUT2D eigenvalue weighted by Gasteiger charge is -2.38. The van der Waals surface area contributed by atoms with Crippen molar-refractivity contribution in [2.45, 2.75) is 18.7 Å². The van der Waals surface area contributed by atoms with Crippen molar-refractivity contribution in [3.63, 3.8) is 0 Å². The van der Waals surface area contributed by atoms with Gasteiger partial charge in [0.25, 0.3) is 0 Å². The number of aromatic hydroxyl groups is 1. The minimum atomic E-state index is -0.532. The number of phenols is 1. The number of hydrogen-bond donors (Lipinski definition) is 4. The molecule has 0 aromatic heterocycles. The van der Waals surface area contributed by atoms with Crippen LogP contribution in [-0.4, -0.2) is 32.1 Å². The van der Waals surface area contributed by atoms with Gasteiger partial charge in [0, 0.05) is 25.1 Å². The van der Waals surface area contributed by atoms with Crippen LogP contribution in [0.25, 0.3) is 0 Å². The minimum Gasteiger partial charge on any atom is -0.508 e. The van der Waals surface area contributed by atoms with Gasteiger partial charge in [-0.05, 0) is 26.6 Å². The second-order valence-corrected chi connectivity index (χ2v) is 4.16. The van der Waals surface area contributed by atoms with Gasteiger partial charge in [-0.1, -0.05) is 0 Å². The summed E-state index contributed by atoms with van der Waals surface area (Å²) in [6.45, 7) is 0. The Bertz CT molecular complexity index is 399. The second-order valence-electron chi connectivity index (χ2n) is 4.16. The van der Waals surface area contributed by atoms with E-state index in [-0.39, 0.29) is 5.75 Å². The first-order valence-corrected chi connectivity index (χ1v) is 5.74. The van der Waals surface area contributed by atoms with E-state index in [1.165, 1.54) is 0 Å². The Kier molecular flexibility index (Phi) is 3.13. The van der Waals surface area contributed by atoms with Crippen LogP contribution in [0.1, 0.15) is 12.0 Å². The molecular weight excluding hydrogens is 218 g/mol. The largest absolute Gasteiger partial charge is 0.508 e. The van der Waals surface area contributed by atoms with Crippen molar-refractivity contribution < 1.29 is 9.84 Å². The Hall–Kier alpha value is -1.46. The predicted octanol–water partition coefficient (Wildman–Crippen LogP) is 0.851. The molecule has 0 unspecified atom stereocenters. The van der Waals surface area contributed by atoms with E-state index in [0.717, 1.165) is 29.8 Å². The number of anilines is 1. The van der Waals surface area contributed by atoms with Gasteiger partial charge in [-0.25, -0.2) is 0 Å². The summed E-state index contributed by atoms with van der Waals surface area (Å²) >= 11 is 0. The number of phenolic OH excluding ortho intramolecular Hbond substituents is 1. The van der Waals surface area contributed by atoms with Gasteiger partial charge in [-0.3, -0.25) is 10.6 Å². The number of rotatable bonds is 3. The molecule has 0 aliphatic carbocycles. The molecule has 0 spiro atoms. The van der Waals surface area contributed by atoms with E-state index < -0.39 is 5.85 Å². The van der Waals surface area contributed by atoms with Crippen molar-refractivity contribution in [3.05, 3.63) is 17.7 Å². The highest BCUT2D eigenvalue weighted by Crippen LogP contribution is 2.39. The number of benzene rings is 1. The van der Waals surface area contributed by atoms with Crippen LogP contribution in [-0.2, 0) is 6.42 Å². The molecule has 1 heterocycles. The zero-order chi connectivity index (χ0) is 12.5. The van der Waals surface area contributed by atoms with E-state index in [2.05, 4.69) is 16.0 Å². The predicted molar refractivity (Wildman–Crippen MR) is 67.5 cm³/mol. The number of aryl methyl sites for hydroxylation is 1. The standard InChI is InChI=1S/C12H19N3O2/c1-13-10-7-9(16)6-8-4-5-12(14-2,15-3)17-11(8)10/h6-7,13-16H,4-5H2,1-3H3. The zero-order valence-corrected chi connectivity index (χ0v) is 10.4. The van der Waals surface area contributed by atoms with Gasteiger partial charge in [0.05, 0.1) is 5.69 Å². The maximum atomic E-state index is 9.62. The molecule has 0 radical (unpaired) electrons. The zero-order valence-electron chi connectivity index (χ0n) is 10.4. The van der Waals surface area contributed by atoms with Crippen molar-refractivity contribution in [2.24, 2.45) is 0 Å². The first-order valence-electron chi connectivity index (χ1n) is 5.74. The molecule has 94 valence electrons. The average Bonchev–Trinajstić information content (AvgIpc) is 2.37. The monoisotopic (exact) mass is 237 g/mol. The van der Waals surface area contributed by atoms with E-state index in [9.17, 15) is 5.11 Å². The van der Waals surface area contributed by atoms with E-state index in [0.29, 0.717) is 0 Å². The molecule has 1 aromatic carbocycles. The van der Waals surface area contributed by atoms with Crippen LogP contribution >= 0.6 is 0 Å². The molecule has 4 N–H and O–H groups in total. The number of hydrogen-bond acceptors (Lipinski definition) is 5. The fourth-order valence-electron chi connectivity index (χ4n) is 2.18. The summed E-state index contributed by atoms with van der Waals surface area (Å²) in [4.78, 5) is 0. The van der Waals surface area contributed by atoms with Crippen LogP contribution in [0.2, 0.25) is 0 Å². The minimum absolute atomic E-state index is 0.262. The summed E-state index contributed by atoms with van der Waals surface area (Å²) < 4.78 is 6.00. The van der Waals surface area contributed by atoms with Crippen molar-refractivity contribution in [3.8, 4) is 11.5 Å². The molecule has 0 fully saturated rings. The second kappa shape index (κ2) is 4.43. The summed E-state index contributed by atoms with van der Waals surface area (Å²) in [6, 6.07) is 3.42. The van der Waals surface area contributed by atoms with Gasteiger partial charge in [0.2, 0.25) is 5.85 Å². The fourth-order valence-corrected chi connectivity index (χ4v) is 2.18. The fraction of sp³-hybridized carbons (Fsp3) is 0.500. The van der Waals surface area contributed by atoms with Crippen LogP contribution in [0.5, 0.6) is 11.5 Å². The van der Waals surface area contributed by atoms with E-state index in [1.807, 2.05) is 21.1 Å². The molecule has 1 aliphatic rings.